The Labute approximate surface area is 153 Å². The number of nitrogens with zero attached hydrogens (tertiary/aromatic N) is 1. The molecule has 0 amide bonds. The van der Waals surface area contributed by atoms with Gasteiger partial charge in [0.25, 0.3) is 5.69 Å². The second kappa shape index (κ2) is 7.21. The van der Waals surface area contributed by atoms with Crippen LogP contribution in [0.1, 0.15) is 35.7 Å². The number of nitro groups is 1. The molecule has 0 spiro atoms. The Kier molecular flexibility index (Phi) is 4.99. The van der Waals surface area contributed by atoms with Gasteiger partial charge in [0.1, 0.15) is 0 Å². The highest BCUT2D eigenvalue weighted by Gasteiger charge is 2.21. The summed E-state index contributed by atoms with van der Waals surface area (Å²) in [5.74, 6) is -0.705. The molecule has 2 aromatic carbocycles. The monoisotopic (exact) mass is 371 g/mol. The molecule has 0 aliphatic heterocycles. The Morgan fingerprint density at radius 3 is 2.69 bits per heavy atom. The summed E-state index contributed by atoms with van der Waals surface area (Å²) in [7, 11) is 0. The first-order valence-corrected chi connectivity index (χ1v) is 9.06. The second-order valence-electron chi connectivity index (χ2n) is 6.04. The van der Waals surface area contributed by atoms with Crippen LogP contribution in [0.4, 0.5) is 5.69 Å². The summed E-state index contributed by atoms with van der Waals surface area (Å²) in [5.41, 5.74) is 0.335. The van der Waals surface area contributed by atoms with Crippen molar-refractivity contribution in [3.8, 4) is 0 Å². The van der Waals surface area contributed by atoms with Gasteiger partial charge in [0.15, 0.2) is 5.43 Å². The van der Waals surface area contributed by atoms with E-state index in [2.05, 4.69) is 0 Å². The lowest BCUT2D eigenvalue weighted by Crippen LogP contribution is -2.12. The van der Waals surface area contributed by atoms with E-state index in [0.717, 1.165) is 22.8 Å². The van der Waals surface area contributed by atoms with Crippen molar-refractivity contribution in [1.29, 1.82) is 0 Å². The number of esters is 1. The van der Waals surface area contributed by atoms with Crippen molar-refractivity contribution in [3.05, 3.63) is 61.8 Å². The molecule has 3 aromatic rings. The lowest BCUT2D eigenvalue weighted by molar-refractivity contribution is -0.384. The molecule has 0 saturated heterocycles. The summed E-state index contributed by atoms with van der Waals surface area (Å²) in [5, 5.41) is 11.9. The highest BCUT2D eigenvalue weighted by atomic mass is 32.1. The summed E-state index contributed by atoms with van der Waals surface area (Å²) in [6.07, 6.45) is 1.54. The van der Waals surface area contributed by atoms with Gasteiger partial charge in [-0.25, -0.2) is 4.79 Å². The summed E-state index contributed by atoms with van der Waals surface area (Å²) in [6.45, 7) is 4.05. The molecule has 0 atom stereocenters. The van der Waals surface area contributed by atoms with Gasteiger partial charge in [-0.1, -0.05) is 25.0 Å². The van der Waals surface area contributed by atoms with Crippen LogP contribution in [0.3, 0.4) is 0 Å². The van der Waals surface area contributed by atoms with Crippen LogP contribution in [-0.2, 0) is 4.74 Å². The van der Waals surface area contributed by atoms with Crippen LogP contribution in [0.5, 0.6) is 0 Å². The fourth-order valence-electron chi connectivity index (χ4n) is 2.73. The first kappa shape index (κ1) is 18.0. The third kappa shape index (κ3) is 3.30. The zero-order valence-electron chi connectivity index (χ0n) is 14.4. The van der Waals surface area contributed by atoms with Gasteiger partial charge < -0.3 is 4.74 Å². The Morgan fingerprint density at radius 1 is 1.23 bits per heavy atom. The van der Waals surface area contributed by atoms with E-state index in [0.29, 0.717) is 16.5 Å². The third-order valence-corrected chi connectivity index (χ3v) is 5.19. The Bertz CT molecular complexity index is 1090. The first-order valence-electron chi connectivity index (χ1n) is 8.25. The van der Waals surface area contributed by atoms with Gasteiger partial charge in [0.2, 0.25) is 0 Å². The number of ether oxygens (including phenoxy) is 1. The van der Waals surface area contributed by atoms with Gasteiger partial charge >= 0.3 is 5.97 Å². The van der Waals surface area contributed by atoms with Crippen LogP contribution in [0.25, 0.3) is 20.2 Å². The molecular weight excluding hydrogens is 354 g/mol. The summed E-state index contributed by atoms with van der Waals surface area (Å²) >= 11 is 1.25. The molecule has 0 unspecified atom stereocenters. The van der Waals surface area contributed by atoms with Crippen molar-refractivity contribution in [2.45, 2.75) is 26.7 Å². The predicted molar refractivity (Wildman–Crippen MR) is 102 cm³/mol. The van der Waals surface area contributed by atoms with Crippen molar-refractivity contribution in [3.63, 3.8) is 0 Å². The molecule has 0 saturated carbocycles. The van der Waals surface area contributed by atoms with Gasteiger partial charge in [-0.2, -0.15) is 0 Å². The Morgan fingerprint density at radius 2 is 2.00 bits per heavy atom. The van der Waals surface area contributed by atoms with Crippen LogP contribution in [0, 0.1) is 17.0 Å². The number of carbonyl (C=O) groups excluding carboxylic acids is 1. The average Bonchev–Trinajstić information content (AvgIpc) is 2.61. The van der Waals surface area contributed by atoms with Gasteiger partial charge in [0, 0.05) is 26.9 Å². The Hall–Kier alpha value is -2.80. The zero-order valence-corrected chi connectivity index (χ0v) is 15.2. The minimum absolute atomic E-state index is 0.0463. The quantitative estimate of drug-likeness (QED) is 0.215. The molecule has 0 bridgehead atoms. The van der Waals surface area contributed by atoms with Crippen molar-refractivity contribution in [2.24, 2.45) is 0 Å². The van der Waals surface area contributed by atoms with E-state index in [-0.39, 0.29) is 28.7 Å². The van der Waals surface area contributed by atoms with Crippen molar-refractivity contribution in [1.82, 2.24) is 0 Å². The van der Waals surface area contributed by atoms with Crippen LogP contribution in [-0.4, -0.2) is 17.5 Å². The fourth-order valence-corrected chi connectivity index (χ4v) is 3.85. The molecule has 1 heterocycles. The van der Waals surface area contributed by atoms with Crippen LogP contribution in [0.15, 0.2) is 35.1 Å². The normalized spacial score (nSPS) is 11.0. The topological polar surface area (TPSA) is 86.5 Å². The van der Waals surface area contributed by atoms with Gasteiger partial charge in [0.05, 0.1) is 22.5 Å². The molecular formula is C19H17NO5S. The molecule has 6 nitrogen and oxygen atoms in total. The van der Waals surface area contributed by atoms with E-state index < -0.39 is 10.9 Å². The van der Waals surface area contributed by atoms with E-state index in [9.17, 15) is 19.7 Å². The smallest absolute Gasteiger partial charge is 0.339 e. The maximum atomic E-state index is 13.0. The fraction of sp³-hybridized carbons (Fsp3) is 0.263. The first-order chi connectivity index (χ1) is 12.4. The summed E-state index contributed by atoms with van der Waals surface area (Å²) in [4.78, 5) is 36.2. The van der Waals surface area contributed by atoms with Crippen molar-refractivity contribution >= 4 is 43.2 Å². The lowest BCUT2D eigenvalue weighted by Gasteiger charge is -2.08. The minimum Gasteiger partial charge on any atom is -0.462 e. The number of rotatable bonds is 5. The van der Waals surface area contributed by atoms with E-state index in [1.54, 1.807) is 6.07 Å². The van der Waals surface area contributed by atoms with Crippen LogP contribution < -0.4 is 5.43 Å². The SMILES string of the molecule is CCCCOC(=O)c1cc([N+](=O)[O-])cc2sc3ccc(C)cc3c(=O)c12. The number of fused-ring (bicyclic) bond motifs is 2. The zero-order chi connectivity index (χ0) is 18.8. The van der Waals surface area contributed by atoms with Crippen LogP contribution in [0.2, 0.25) is 0 Å². The van der Waals surface area contributed by atoms with Crippen molar-refractivity contribution in [2.75, 3.05) is 6.61 Å². The van der Waals surface area contributed by atoms with E-state index >= 15 is 0 Å². The highest BCUT2D eigenvalue weighted by molar-refractivity contribution is 7.24. The maximum Gasteiger partial charge on any atom is 0.339 e. The maximum absolute atomic E-state index is 13.0. The van der Waals surface area contributed by atoms with Gasteiger partial charge in [-0.15, -0.1) is 11.3 Å². The third-order valence-electron chi connectivity index (χ3n) is 4.08. The van der Waals surface area contributed by atoms with Gasteiger partial charge in [-0.05, 0) is 25.5 Å². The Balaban J connectivity index is 2.30. The minimum atomic E-state index is -0.705. The van der Waals surface area contributed by atoms with E-state index in [4.69, 9.17) is 4.74 Å². The molecule has 26 heavy (non-hydrogen) atoms. The second-order valence-corrected chi connectivity index (χ2v) is 7.13. The molecule has 3 rings (SSSR count). The summed E-state index contributed by atoms with van der Waals surface area (Å²) < 4.78 is 6.33. The van der Waals surface area contributed by atoms with E-state index in [1.807, 2.05) is 26.0 Å². The number of nitro benzene ring substituents is 1. The number of hydrogen-bond acceptors (Lipinski definition) is 6. The number of unbranched alkanes of at least 4 members (excludes halogenated alkanes) is 1. The molecule has 0 radical (unpaired) electrons. The molecule has 7 heteroatoms. The molecule has 0 N–H and O–H groups in total. The lowest BCUT2D eigenvalue weighted by atomic mass is 10.1. The molecule has 1 aromatic heterocycles. The number of hydrogen-bond donors (Lipinski definition) is 0. The molecule has 0 fully saturated rings. The van der Waals surface area contributed by atoms with Gasteiger partial charge in [-0.3, -0.25) is 14.9 Å². The highest BCUT2D eigenvalue weighted by Crippen LogP contribution is 2.31. The number of carbonyl (C=O) groups is 1. The number of non-ortho nitro benzene ring substituents is 1. The number of benzene rings is 2. The molecule has 0 aliphatic rings. The molecule has 134 valence electrons. The average molecular weight is 371 g/mol. The largest absolute Gasteiger partial charge is 0.462 e. The molecule has 0 aliphatic carbocycles. The standard InChI is InChI=1S/C19H17NO5S/c1-3-4-7-25-19(22)14-9-12(20(23)24)10-16-17(14)18(21)13-8-11(2)5-6-15(13)26-16/h5-6,8-10H,3-4,7H2,1-2H3. The van der Waals surface area contributed by atoms with Crippen LogP contribution >= 0.6 is 11.3 Å². The summed E-state index contributed by atoms with van der Waals surface area (Å²) in [6, 6.07) is 7.92. The van der Waals surface area contributed by atoms with Crippen molar-refractivity contribution < 1.29 is 14.5 Å². The number of aryl methyl sites for hydroxylation is 1. The van der Waals surface area contributed by atoms with E-state index in [1.165, 1.54) is 17.4 Å². The predicted octanol–water partition coefficient (Wildman–Crippen LogP) is 4.59.